The minimum Gasteiger partial charge on any atom is -0.493 e. The second-order valence-electron chi connectivity index (χ2n) is 5.14. The van der Waals surface area contributed by atoms with Crippen molar-refractivity contribution in [1.29, 1.82) is 0 Å². The van der Waals surface area contributed by atoms with E-state index in [4.69, 9.17) is 25.8 Å². The van der Waals surface area contributed by atoms with Gasteiger partial charge in [0.25, 0.3) is 5.91 Å². The van der Waals surface area contributed by atoms with Crippen LogP contribution in [0.5, 0.6) is 17.2 Å². The Morgan fingerprint density at radius 2 is 1.81 bits per heavy atom. The molecule has 0 aliphatic rings. The molecule has 1 N–H and O–H groups in total. The van der Waals surface area contributed by atoms with E-state index >= 15 is 0 Å². The van der Waals surface area contributed by atoms with Gasteiger partial charge in [0, 0.05) is 16.7 Å². The summed E-state index contributed by atoms with van der Waals surface area (Å²) in [6.07, 6.45) is 4.42. The molecule has 0 spiro atoms. The van der Waals surface area contributed by atoms with Gasteiger partial charge in [-0.1, -0.05) is 29.8 Å². The van der Waals surface area contributed by atoms with Crippen LogP contribution in [0.15, 0.2) is 46.0 Å². The molecule has 1 amide bonds. The molecule has 0 fully saturated rings. The maximum atomic E-state index is 12.0. The lowest BCUT2D eigenvalue weighted by atomic mass is 10.1. The Balaban J connectivity index is 2.15. The highest BCUT2D eigenvalue weighted by Crippen LogP contribution is 2.45. The number of hydrogen-bond donors (Lipinski definition) is 1. The molecule has 8 heteroatoms. The number of amides is 1. The SMILES string of the molecule is COc1cc(/C=C/C(=O)N/N=C/c2ccccc2Cl)c(Br)c(OC)c1OC. The van der Waals surface area contributed by atoms with E-state index in [1.165, 1.54) is 33.6 Å². The topological polar surface area (TPSA) is 69.2 Å². The molecule has 0 bridgehead atoms. The largest absolute Gasteiger partial charge is 0.493 e. The zero-order chi connectivity index (χ0) is 19.8. The van der Waals surface area contributed by atoms with Crippen molar-refractivity contribution in [2.75, 3.05) is 21.3 Å². The number of hydrogen-bond acceptors (Lipinski definition) is 5. The number of carbonyl (C=O) groups is 1. The van der Waals surface area contributed by atoms with Crippen LogP contribution in [0.2, 0.25) is 5.02 Å². The molecule has 0 saturated heterocycles. The number of nitrogens with one attached hydrogen (secondary N) is 1. The number of carbonyl (C=O) groups excluding carboxylic acids is 1. The zero-order valence-corrected chi connectivity index (χ0v) is 17.3. The molecule has 2 aromatic carbocycles. The number of ether oxygens (including phenoxy) is 3. The first kappa shape index (κ1) is 20.8. The minimum absolute atomic E-state index is 0.404. The minimum atomic E-state index is -0.404. The van der Waals surface area contributed by atoms with Crippen LogP contribution in [-0.4, -0.2) is 33.5 Å². The number of nitrogens with zero attached hydrogens (tertiary/aromatic N) is 1. The molecular formula is C19H18BrClN2O4. The molecule has 0 radical (unpaired) electrons. The number of rotatable bonds is 7. The van der Waals surface area contributed by atoms with Gasteiger partial charge in [0.15, 0.2) is 11.5 Å². The third kappa shape index (κ3) is 5.24. The maximum absolute atomic E-state index is 12.0. The summed E-state index contributed by atoms with van der Waals surface area (Å²) >= 11 is 9.47. The second kappa shape index (κ2) is 9.99. The molecule has 27 heavy (non-hydrogen) atoms. The summed E-state index contributed by atoms with van der Waals surface area (Å²) in [5.74, 6) is 1.000. The number of halogens is 2. The van der Waals surface area contributed by atoms with E-state index in [1.807, 2.05) is 12.1 Å². The van der Waals surface area contributed by atoms with Gasteiger partial charge in [0.05, 0.1) is 32.0 Å². The van der Waals surface area contributed by atoms with Gasteiger partial charge in [-0.15, -0.1) is 0 Å². The van der Waals surface area contributed by atoms with E-state index in [0.717, 1.165) is 0 Å². The van der Waals surface area contributed by atoms with Crippen molar-refractivity contribution in [1.82, 2.24) is 5.43 Å². The Kier molecular flexibility index (Phi) is 7.69. The smallest absolute Gasteiger partial charge is 0.264 e. The van der Waals surface area contributed by atoms with Crippen LogP contribution in [-0.2, 0) is 4.79 Å². The van der Waals surface area contributed by atoms with Gasteiger partial charge in [-0.2, -0.15) is 5.10 Å². The predicted octanol–water partition coefficient (Wildman–Crippen LogP) is 4.29. The number of methoxy groups -OCH3 is 3. The fourth-order valence-corrected chi connectivity index (χ4v) is 2.98. The molecule has 0 saturated carbocycles. The van der Waals surface area contributed by atoms with Gasteiger partial charge >= 0.3 is 0 Å². The Morgan fingerprint density at radius 1 is 1.11 bits per heavy atom. The van der Waals surface area contributed by atoms with Gasteiger partial charge in [-0.05, 0) is 39.7 Å². The molecule has 0 heterocycles. The summed E-state index contributed by atoms with van der Waals surface area (Å²) in [7, 11) is 4.56. The van der Waals surface area contributed by atoms with Crippen molar-refractivity contribution in [3.63, 3.8) is 0 Å². The molecule has 142 valence electrons. The van der Waals surface area contributed by atoms with Crippen molar-refractivity contribution in [2.24, 2.45) is 5.10 Å². The van der Waals surface area contributed by atoms with Crippen molar-refractivity contribution >= 4 is 45.7 Å². The van der Waals surface area contributed by atoms with Crippen molar-refractivity contribution < 1.29 is 19.0 Å². The van der Waals surface area contributed by atoms with Crippen LogP contribution < -0.4 is 19.6 Å². The summed E-state index contributed by atoms with van der Waals surface area (Å²) in [5, 5.41) is 4.44. The van der Waals surface area contributed by atoms with E-state index in [1.54, 1.807) is 24.3 Å². The molecule has 0 aromatic heterocycles. The molecular weight excluding hydrogens is 436 g/mol. The standard InChI is InChI=1S/C19H18BrClN2O4/c1-25-15-10-12(17(20)19(27-3)18(15)26-2)8-9-16(24)23-22-11-13-6-4-5-7-14(13)21/h4-11H,1-3H3,(H,23,24)/b9-8+,22-11+. The molecule has 0 unspecified atom stereocenters. The second-order valence-corrected chi connectivity index (χ2v) is 6.34. The lowest BCUT2D eigenvalue weighted by Crippen LogP contribution is -2.14. The van der Waals surface area contributed by atoms with Crippen molar-refractivity contribution in [3.05, 3.63) is 57.0 Å². The fourth-order valence-electron chi connectivity index (χ4n) is 2.21. The quantitative estimate of drug-likeness (QED) is 0.386. The van der Waals surface area contributed by atoms with Gasteiger partial charge in [0.1, 0.15) is 0 Å². The monoisotopic (exact) mass is 452 g/mol. The Bertz CT molecular complexity index is 884. The van der Waals surface area contributed by atoms with Crippen LogP contribution in [0, 0.1) is 0 Å². The highest BCUT2D eigenvalue weighted by atomic mass is 79.9. The van der Waals surface area contributed by atoms with Crippen molar-refractivity contribution in [3.8, 4) is 17.2 Å². The van der Waals surface area contributed by atoms with Crippen LogP contribution in [0.1, 0.15) is 11.1 Å². The van der Waals surface area contributed by atoms with Crippen LogP contribution in [0.25, 0.3) is 6.08 Å². The first-order chi connectivity index (χ1) is 13.0. The Morgan fingerprint density at radius 3 is 2.44 bits per heavy atom. The van der Waals surface area contributed by atoms with E-state index < -0.39 is 5.91 Å². The van der Waals surface area contributed by atoms with Crippen molar-refractivity contribution in [2.45, 2.75) is 0 Å². The van der Waals surface area contributed by atoms with E-state index in [0.29, 0.717) is 37.9 Å². The zero-order valence-electron chi connectivity index (χ0n) is 15.0. The van der Waals surface area contributed by atoms with Gasteiger partial charge in [-0.3, -0.25) is 4.79 Å². The Hall–Kier alpha value is -2.51. The first-order valence-electron chi connectivity index (χ1n) is 7.76. The summed E-state index contributed by atoms with van der Waals surface area (Å²) < 4.78 is 16.6. The molecule has 0 aliphatic carbocycles. The van der Waals surface area contributed by atoms with Crippen LogP contribution in [0.4, 0.5) is 0 Å². The number of hydrazone groups is 1. The average Bonchev–Trinajstić information content (AvgIpc) is 2.68. The molecule has 2 aromatic rings. The lowest BCUT2D eigenvalue weighted by molar-refractivity contribution is -0.116. The maximum Gasteiger partial charge on any atom is 0.264 e. The number of benzene rings is 2. The molecule has 6 nitrogen and oxygen atoms in total. The Labute approximate surface area is 170 Å². The van der Waals surface area contributed by atoms with E-state index in [9.17, 15) is 4.79 Å². The highest BCUT2D eigenvalue weighted by molar-refractivity contribution is 9.10. The lowest BCUT2D eigenvalue weighted by Gasteiger charge is -2.15. The van der Waals surface area contributed by atoms with Crippen LogP contribution >= 0.6 is 27.5 Å². The molecule has 2 rings (SSSR count). The third-order valence-corrected chi connectivity index (χ3v) is 4.66. The average molecular weight is 454 g/mol. The van der Waals surface area contributed by atoms with Gasteiger partial charge < -0.3 is 14.2 Å². The fraction of sp³-hybridized carbons (Fsp3) is 0.158. The van der Waals surface area contributed by atoms with Gasteiger partial charge in [0.2, 0.25) is 5.75 Å². The van der Waals surface area contributed by atoms with Gasteiger partial charge in [-0.25, -0.2) is 5.43 Å². The third-order valence-electron chi connectivity index (χ3n) is 3.50. The summed E-state index contributed by atoms with van der Waals surface area (Å²) in [5.41, 5.74) is 3.79. The molecule has 0 aliphatic heterocycles. The van der Waals surface area contributed by atoms with E-state index in [-0.39, 0.29) is 0 Å². The predicted molar refractivity (Wildman–Crippen MR) is 110 cm³/mol. The highest BCUT2D eigenvalue weighted by Gasteiger charge is 2.17. The summed E-state index contributed by atoms with van der Waals surface area (Å²) in [4.78, 5) is 12.0. The van der Waals surface area contributed by atoms with E-state index in [2.05, 4.69) is 26.5 Å². The first-order valence-corrected chi connectivity index (χ1v) is 8.93. The molecule has 0 atom stereocenters. The summed E-state index contributed by atoms with van der Waals surface area (Å²) in [6, 6.07) is 8.91. The normalized spacial score (nSPS) is 11.0. The van der Waals surface area contributed by atoms with Crippen LogP contribution in [0.3, 0.4) is 0 Å². The summed E-state index contributed by atoms with van der Waals surface area (Å²) in [6.45, 7) is 0.